The van der Waals surface area contributed by atoms with Crippen LogP contribution < -0.4 is 5.73 Å². The summed E-state index contributed by atoms with van der Waals surface area (Å²) in [5.41, 5.74) is 8.05. The SMILES string of the molecule is N[C@@H](c1ccsc1)c1ccc(Br)cn1. The fraction of sp³-hybridized carbons (Fsp3) is 0.100. The molecule has 0 aliphatic rings. The van der Waals surface area contributed by atoms with E-state index < -0.39 is 0 Å². The maximum absolute atomic E-state index is 6.04. The molecule has 0 unspecified atom stereocenters. The van der Waals surface area contributed by atoms with Crippen molar-refractivity contribution in [2.24, 2.45) is 5.73 Å². The molecule has 14 heavy (non-hydrogen) atoms. The lowest BCUT2D eigenvalue weighted by atomic mass is 10.1. The summed E-state index contributed by atoms with van der Waals surface area (Å²) in [5, 5.41) is 4.07. The fourth-order valence-corrected chi connectivity index (χ4v) is 2.13. The molecule has 2 aromatic heterocycles. The lowest BCUT2D eigenvalue weighted by molar-refractivity contribution is 0.832. The number of hydrogen-bond acceptors (Lipinski definition) is 3. The number of thiophene rings is 1. The molecule has 0 bridgehead atoms. The summed E-state index contributed by atoms with van der Waals surface area (Å²) in [5.74, 6) is 0. The van der Waals surface area contributed by atoms with Gasteiger partial charge in [-0.3, -0.25) is 4.98 Å². The van der Waals surface area contributed by atoms with Gasteiger partial charge in [0.25, 0.3) is 0 Å². The molecule has 0 saturated heterocycles. The Kier molecular flexibility index (Phi) is 2.96. The van der Waals surface area contributed by atoms with Gasteiger partial charge in [0.05, 0.1) is 11.7 Å². The molecule has 0 saturated carbocycles. The van der Waals surface area contributed by atoms with E-state index in [0.29, 0.717) is 0 Å². The van der Waals surface area contributed by atoms with Gasteiger partial charge in [-0.15, -0.1) is 0 Å². The molecular formula is C10H9BrN2S. The summed E-state index contributed by atoms with van der Waals surface area (Å²) in [6.45, 7) is 0. The number of aromatic nitrogens is 1. The van der Waals surface area contributed by atoms with Crippen LogP contribution in [0.2, 0.25) is 0 Å². The van der Waals surface area contributed by atoms with Crippen molar-refractivity contribution in [3.8, 4) is 0 Å². The first-order chi connectivity index (χ1) is 6.77. The van der Waals surface area contributed by atoms with E-state index in [1.165, 1.54) is 0 Å². The number of rotatable bonds is 2. The van der Waals surface area contributed by atoms with E-state index in [4.69, 9.17) is 5.73 Å². The number of hydrogen-bond donors (Lipinski definition) is 1. The van der Waals surface area contributed by atoms with Crippen LogP contribution in [0.4, 0.5) is 0 Å². The summed E-state index contributed by atoms with van der Waals surface area (Å²) in [6, 6.07) is 5.80. The van der Waals surface area contributed by atoms with Crippen LogP contribution in [0.15, 0.2) is 39.6 Å². The van der Waals surface area contributed by atoms with E-state index in [-0.39, 0.29) is 6.04 Å². The molecule has 2 rings (SSSR count). The Bertz CT molecular complexity index is 397. The predicted octanol–water partition coefficient (Wildman–Crippen LogP) is 2.95. The average Bonchev–Trinajstić information content (AvgIpc) is 2.71. The average molecular weight is 269 g/mol. The van der Waals surface area contributed by atoms with Crippen LogP contribution >= 0.6 is 27.3 Å². The molecule has 2 heterocycles. The molecular weight excluding hydrogens is 260 g/mol. The Morgan fingerprint density at radius 1 is 1.36 bits per heavy atom. The van der Waals surface area contributed by atoms with Gasteiger partial charge in [-0.2, -0.15) is 11.3 Å². The Balaban J connectivity index is 2.28. The van der Waals surface area contributed by atoms with Crippen molar-refractivity contribution in [3.63, 3.8) is 0 Å². The maximum atomic E-state index is 6.04. The van der Waals surface area contributed by atoms with Gasteiger partial charge in [-0.25, -0.2) is 0 Å². The summed E-state index contributed by atoms with van der Waals surface area (Å²) < 4.78 is 0.971. The van der Waals surface area contributed by atoms with Crippen molar-refractivity contribution in [1.29, 1.82) is 0 Å². The van der Waals surface area contributed by atoms with Crippen LogP contribution in [0.25, 0.3) is 0 Å². The summed E-state index contributed by atoms with van der Waals surface area (Å²) >= 11 is 4.99. The molecule has 2 N–H and O–H groups in total. The smallest absolute Gasteiger partial charge is 0.0734 e. The zero-order valence-electron chi connectivity index (χ0n) is 7.35. The number of pyridine rings is 1. The number of nitrogens with two attached hydrogens (primary N) is 1. The van der Waals surface area contributed by atoms with Crippen molar-refractivity contribution in [3.05, 3.63) is 50.9 Å². The lowest BCUT2D eigenvalue weighted by Crippen LogP contribution is -2.12. The van der Waals surface area contributed by atoms with Crippen LogP contribution in [-0.4, -0.2) is 4.98 Å². The Morgan fingerprint density at radius 3 is 2.79 bits per heavy atom. The molecule has 0 aliphatic carbocycles. The second kappa shape index (κ2) is 4.21. The molecule has 0 aromatic carbocycles. The third kappa shape index (κ3) is 2.03. The van der Waals surface area contributed by atoms with Crippen molar-refractivity contribution >= 4 is 27.3 Å². The molecule has 2 nitrogen and oxygen atoms in total. The zero-order valence-corrected chi connectivity index (χ0v) is 9.75. The van der Waals surface area contributed by atoms with E-state index in [0.717, 1.165) is 15.7 Å². The number of nitrogens with zero attached hydrogens (tertiary/aromatic N) is 1. The van der Waals surface area contributed by atoms with Gasteiger partial charge >= 0.3 is 0 Å². The van der Waals surface area contributed by atoms with E-state index in [1.54, 1.807) is 17.5 Å². The Morgan fingerprint density at radius 2 is 2.21 bits per heavy atom. The third-order valence-corrected chi connectivity index (χ3v) is 3.14. The van der Waals surface area contributed by atoms with Gasteiger partial charge in [0, 0.05) is 10.7 Å². The highest BCUT2D eigenvalue weighted by molar-refractivity contribution is 9.10. The van der Waals surface area contributed by atoms with Crippen LogP contribution in [0.1, 0.15) is 17.3 Å². The molecule has 4 heteroatoms. The second-order valence-corrected chi connectivity index (χ2v) is 4.63. The Hall–Kier alpha value is -0.710. The Labute approximate surface area is 94.9 Å². The molecule has 0 aliphatic heterocycles. The first-order valence-corrected chi connectivity index (χ1v) is 5.90. The van der Waals surface area contributed by atoms with Crippen molar-refractivity contribution < 1.29 is 0 Å². The monoisotopic (exact) mass is 268 g/mol. The molecule has 72 valence electrons. The topological polar surface area (TPSA) is 38.9 Å². The molecule has 1 atom stereocenters. The number of halogens is 1. The summed E-state index contributed by atoms with van der Waals surface area (Å²) in [7, 11) is 0. The van der Waals surface area contributed by atoms with Crippen molar-refractivity contribution in [2.75, 3.05) is 0 Å². The minimum absolute atomic E-state index is 0.116. The molecule has 0 spiro atoms. The summed E-state index contributed by atoms with van der Waals surface area (Å²) in [4.78, 5) is 4.27. The minimum atomic E-state index is -0.116. The van der Waals surface area contributed by atoms with Crippen molar-refractivity contribution in [2.45, 2.75) is 6.04 Å². The van der Waals surface area contributed by atoms with Crippen molar-refractivity contribution in [1.82, 2.24) is 4.98 Å². The maximum Gasteiger partial charge on any atom is 0.0734 e. The largest absolute Gasteiger partial charge is 0.319 e. The van der Waals surface area contributed by atoms with Crippen LogP contribution in [0.5, 0.6) is 0 Å². The van der Waals surface area contributed by atoms with Gasteiger partial charge in [0.2, 0.25) is 0 Å². The molecule has 0 amide bonds. The van der Waals surface area contributed by atoms with Gasteiger partial charge < -0.3 is 5.73 Å². The highest BCUT2D eigenvalue weighted by atomic mass is 79.9. The molecule has 0 fully saturated rings. The van der Waals surface area contributed by atoms with Crippen LogP contribution in [-0.2, 0) is 0 Å². The van der Waals surface area contributed by atoms with E-state index >= 15 is 0 Å². The fourth-order valence-electron chi connectivity index (χ4n) is 1.19. The van der Waals surface area contributed by atoms with E-state index in [2.05, 4.69) is 20.9 Å². The van der Waals surface area contributed by atoms with E-state index in [9.17, 15) is 0 Å². The highest BCUT2D eigenvalue weighted by Crippen LogP contribution is 2.20. The zero-order chi connectivity index (χ0) is 9.97. The van der Waals surface area contributed by atoms with Crippen LogP contribution in [0, 0.1) is 0 Å². The summed E-state index contributed by atoms with van der Waals surface area (Å²) in [6.07, 6.45) is 1.77. The lowest BCUT2D eigenvalue weighted by Gasteiger charge is -2.08. The van der Waals surface area contributed by atoms with Gasteiger partial charge in [-0.05, 0) is 50.5 Å². The van der Waals surface area contributed by atoms with E-state index in [1.807, 2.05) is 29.0 Å². The second-order valence-electron chi connectivity index (χ2n) is 2.94. The predicted molar refractivity (Wildman–Crippen MR) is 62.3 cm³/mol. The molecule has 0 radical (unpaired) electrons. The molecule has 2 aromatic rings. The first kappa shape index (κ1) is 9.83. The first-order valence-electron chi connectivity index (χ1n) is 4.16. The highest BCUT2D eigenvalue weighted by Gasteiger charge is 2.09. The van der Waals surface area contributed by atoms with Gasteiger partial charge in [0.15, 0.2) is 0 Å². The third-order valence-electron chi connectivity index (χ3n) is 1.97. The van der Waals surface area contributed by atoms with Crippen LogP contribution in [0.3, 0.4) is 0 Å². The quantitative estimate of drug-likeness (QED) is 0.910. The van der Waals surface area contributed by atoms with Gasteiger partial charge in [0.1, 0.15) is 0 Å². The van der Waals surface area contributed by atoms with Gasteiger partial charge in [-0.1, -0.05) is 0 Å². The normalized spacial score (nSPS) is 12.7. The minimum Gasteiger partial charge on any atom is -0.319 e. The standard InChI is InChI=1S/C10H9BrN2S/c11-8-1-2-9(13-5-8)10(12)7-3-4-14-6-7/h1-6,10H,12H2/t10-/m0/s1.